The Morgan fingerprint density at radius 2 is 1.91 bits per heavy atom. The van der Waals surface area contributed by atoms with Gasteiger partial charge < -0.3 is 10.1 Å². The molecule has 1 amide bonds. The molecule has 4 nitrogen and oxygen atoms in total. The third kappa shape index (κ3) is 6.78. The second kappa shape index (κ2) is 6.98. The van der Waals surface area contributed by atoms with Crippen LogP contribution in [0.3, 0.4) is 0 Å². The number of aryl methyl sites for hydroxylation is 2. The normalized spacial score (nSPS) is 12.1. The van der Waals surface area contributed by atoms with E-state index >= 15 is 0 Å². The van der Waals surface area contributed by atoms with E-state index in [0.717, 1.165) is 12.1 Å². The van der Waals surface area contributed by atoms with E-state index in [1.807, 2.05) is 0 Å². The van der Waals surface area contributed by atoms with Crippen molar-refractivity contribution in [3.63, 3.8) is 0 Å². The summed E-state index contributed by atoms with van der Waals surface area (Å²) in [5.41, 5.74) is -0.595. The molecule has 0 saturated carbocycles. The number of carbonyl (C=O) groups is 1. The van der Waals surface area contributed by atoms with Gasteiger partial charge in [0.15, 0.2) is 0 Å². The highest BCUT2D eigenvalue weighted by Crippen LogP contribution is 2.30. The number of ether oxygens (including phenoxy) is 1. The molecule has 0 fully saturated rings. The van der Waals surface area contributed by atoms with E-state index in [9.17, 15) is 18.0 Å². The summed E-state index contributed by atoms with van der Waals surface area (Å²) >= 11 is 0. The number of nitrogens with one attached hydrogen (secondary N) is 1. The van der Waals surface area contributed by atoms with Crippen LogP contribution in [0.25, 0.3) is 0 Å². The van der Waals surface area contributed by atoms with Crippen LogP contribution in [0.5, 0.6) is 0 Å². The predicted molar refractivity (Wildman–Crippen MR) is 76.5 cm³/mol. The lowest BCUT2D eigenvalue weighted by Crippen LogP contribution is -2.33. The highest BCUT2D eigenvalue weighted by atomic mass is 19.4. The topological polar surface area (TPSA) is 51.2 Å². The van der Waals surface area contributed by atoms with Gasteiger partial charge in [-0.3, -0.25) is 4.98 Å². The van der Waals surface area contributed by atoms with Gasteiger partial charge in [-0.1, -0.05) is 0 Å². The lowest BCUT2D eigenvalue weighted by molar-refractivity contribution is -0.137. The number of pyridine rings is 1. The van der Waals surface area contributed by atoms with Gasteiger partial charge in [0, 0.05) is 17.9 Å². The zero-order valence-corrected chi connectivity index (χ0v) is 13.2. The summed E-state index contributed by atoms with van der Waals surface area (Å²) in [5, 5.41) is 2.56. The molecule has 0 aliphatic heterocycles. The van der Waals surface area contributed by atoms with Crippen molar-refractivity contribution >= 4 is 6.09 Å². The van der Waals surface area contributed by atoms with Gasteiger partial charge in [0.25, 0.3) is 0 Å². The molecule has 1 heterocycles. The second-order valence-corrected chi connectivity index (χ2v) is 6.02. The van der Waals surface area contributed by atoms with E-state index in [1.54, 1.807) is 20.8 Å². The molecule has 0 aliphatic rings. The van der Waals surface area contributed by atoms with Gasteiger partial charge in [-0.05, 0) is 52.7 Å². The van der Waals surface area contributed by atoms with E-state index in [1.165, 1.54) is 6.92 Å². The number of alkyl carbamates (subject to hydrolysis) is 1. The van der Waals surface area contributed by atoms with Gasteiger partial charge in [0.05, 0.1) is 5.56 Å². The SMILES string of the molecule is Cc1cc(C(F)(F)F)cc(CCCNC(=O)OC(C)(C)C)n1. The van der Waals surface area contributed by atoms with Crippen molar-refractivity contribution < 1.29 is 22.7 Å². The maximum Gasteiger partial charge on any atom is 0.416 e. The fourth-order valence-corrected chi connectivity index (χ4v) is 1.80. The maximum absolute atomic E-state index is 12.7. The minimum absolute atomic E-state index is 0.311. The largest absolute Gasteiger partial charge is 0.444 e. The summed E-state index contributed by atoms with van der Waals surface area (Å²) < 4.78 is 43.2. The minimum Gasteiger partial charge on any atom is -0.444 e. The molecule has 124 valence electrons. The van der Waals surface area contributed by atoms with Crippen LogP contribution >= 0.6 is 0 Å². The van der Waals surface area contributed by atoms with Crippen LogP contribution in [0.2, 0.25) is 0 Å². The Morgan fingerprint density at radius 3 is 2.45 bits per heavy atom. The smallest absolute Gasteiger partial charge is 0.416 e. The highest BCUT2D eigenvalue weighted by molar-refractivity contribution is 5.67. The molecule has 0 spiro atoms. The first kappa shape index (κ1) is 18.3. The van der Waals surface area contributed by atoms with Gasteiger partial charge in [-0.25, -0.2) is 4.79 Å². The van der Waals surface area contributed by atoms with Crippen LogP contribution in [0.1, 0.15) is 44.1 Å². The number of alkyl halides is 3. The average Bonchev–Trinajstić information content (AvgIpc) is 2.30. The van der Waals surface area contributed by atoms with Gasteiger partial charge >= 0.3 is 12.3 Å². The zero-order chi connectivity index (χ0) is 17.0. The standard InChI is InChI=1S/C15H21F3N2O2/c1-10-8-11(15(16,17)18)9-12(20-10)6-5-7-19-13(21)22-14(2,3)4/h8-9H,5-7H2,1-4H3,(H,19,21). The van der Waals surface area contributed by atoms with Gasteiger partial charge in [0.1, 0.15) is 5.60 Å². The number of hydrogen-bond acceptors (Lipinski definition) is 3. The number of halogens is 3. The Hall–Kier alpha value is -1.79. The van der Waals surface area contributed by atoms with Crippen LogP contribution in [-0.2, 0) is 17.3 Å². The Labute approximate surface area is 128 Å². The number of rotatable bonds is 4. The molecule has 0 bridgehead atoms. The molecular formula is C15H21F3N2O2. The third-order valence-electron chi connectivity index (χ3n) is 2.61. The van der Waals surface area contributed by atoms with Crippen molar-refractivity contribution in [1.29, 1.82) is 0 Å². The summed E-state index contributed by atoms with van der Waals surface area (Å²) in [6, 6.07) is 2.06. The van der Waals surface area contributed by atoms with Gasteiger partial charge in [-0.15, -0.1) is 0 Å². The first-order chi connectivity index (χ1) is 9.97. The van der Waals surface area contributed by atoms with Gasteiger partial charge in [-0.2, -0.15) is 13.2 Å². The number of amides is 1. The fourth-order valence-electron chi connectivity index (χ4n) is 1.80. The van der Waals surface area contributed by atoms with E-state index in [2.05, 4.69) is 10.3 Å². The lowest BCUT2D eigenvalue weighted by atomic mass is 10.1. The van der Waals surface area contributed by atoms with Crippen molar-refractivity contribution in [3.8, 4) is 0 Å². The molecule has 1 aromatic heterocycles. The Bertz CT molecular complexity index is 522. The molecule has 1 N–H and O–H groups in total. The molecule has 0 saturated heterocycles. The number of aromatic nitrogens is 1. The minimum atomic E-state index is -4.38. The van der Waals surface area contributed by atoms with Crippen LogP contribution in [0.15, 0.2) is 12.1 Å². The Kier molecular flexibility index (Phi) is 5.79. The summed E-state index contributed by atoms with van der Waals surface area (Å²) in [6.07, 6.45) is -4.09. The maximum atomic E-state index is 12.7. The van der Waals surface area contributed by atoms with Crippen LogP contribution in [-0.4, -0.2) is 23.2 Å². The summed E-state index contributed by atoms with van der Waals surface area (Å²) in [6.45, 7) is 7.09. The zero-order valence-electron chi connectivity index (χ0n) is 13.2. The van der Waals surface area contributed by atoms with Crippen molar-refractivity contribution in [2.75, 3.05) is 6.54 Å². The van der Waals surface area contributed by atoms with Crippen molar-refractivity contribution in [1.82, 2.24) is 10.3 Å². The Balaban J connectivity index is 2.49. The molecular weight excluding hydrogens is 297 g/mol. The van der Waals surface area contributed by atoms with E-state index in [0.29, 0.717) is 30.8 Å². The Morgan fingerprint density at radius 1 is 1.27 bits per heavy atom. The summed E-state index contributed by atoms with van der Waals surface area (Å²) in [5.74, 6) is 0. The molecule has 0 atom stereocenters. The summed E-state index contributed by atoms with van der Waals surface area (Å²) in [4.78, 5) is 15.5. The van der Waals surface area contributed by atoms with E-state index < -0.39 is 23.4 Å². The van der Waals surface area contributed by atoms with Crippen molar-refractivity contribution in [2.24, 2.45) is 0 Å². The number of nitrogens with zero attached hydrogens (tertiary/aromatic N) is 1. The van der Waals surface area contributed by atoms with Crippen LogP contribution in [0, 0.1) is 6.92 Å². The number of hydrogen-bond donors (Lipinski definition) is 1. The highest BCUT2D eigenvalue weighted by Gasteiger charge is 2.31. The van der Waals surface area contributed by atoms with Crippen molar-refractivity contribution in [3.05, 3.63) is 29.1 Å². The van der Waals surface area contributed by atoms with E-state index in [4.69, 9.17) is 4.74 Å². The quantitative estimate of drug-likeness (QED) is 0.858. The number of carbonyl (C=O) groups excluding carboxylic acids is 1. The monoisotopic (exact) mass is 318 g/mol. The van der Waals surface area contributed by atoms with Gasteiger partial charge in [0.2, 0.25) is 0 Å². The lowest BCUT2D eigenvalue weighted by Gasteiger charge is -2.19. The molecule has 1 aromatic rings. The average molecular weight is 318 g/mol. The predicted octanol–water partition coefficient (Wildman–Crippen LogP) is 3.87. The first-order valence-electron chi connectivity index (χ1n) is 6.99. The second-order valence-electron chi connectivity index (χ2n) is 6.02. The fraction of sp³-hybridized carbons (Fsp3) is 0.600. The van der Waals surface area contributed by atoms with Crippen LogP contribution in [0.4, 0.5) is 18.0 Å². The third-order valence-corrected chi connectivity index (χ3v) is 2.61. The molecule has 22 heavy (non-hydrogen) atoms. The molecule has 0 unspecified atom stereocenters. The molecule has 0 radical (unpaired) electrons. The molecule has 0 aromatic carbocycles. The molecule has 0 aliphatic carbocycles. The van der Waals surface area contributed by atoms with Crippen LogP contribution < -0.4 is 5.32 Å². The van der Waals surface area contributed by atoms with E-state index in [-0.39, 0.29) is 0 Å². The first-order valence-corrected chi connectivity index (χ1v) is 6.99. The molecule has 1 rings (SSSR count). The van der Waals surface area contributed by atoms with Crippen molar-refractivity contribution in [2.45, 2.75) is 52.3 Å². The molecule has 7 heteroatoms. The summed E-state index contributed by atoms with van der Waals surface area (Å²) in [7, 11) is 0.